The standard InChI is InChI=1S/C3H8O2.Po.2H/c4-2-1-3-5;;;/h4-5H,1-3H2;;;. The van der Waals surface area contributed by atoms with Gasteiger partial charge in [-0.25, -0.2) is 0 Å². The van der Waals surface area contributed by atoms with Crippen molar-refractivity contribution in [1.82, 2.24) is 0 Å². The molecule has 6 heavy (non-hydrogen) atoms. The first-order valence-corrected chi connectivity index (χ1v) is 1.63. The van der Waals surface area contributed by atoms with Crippen LogP contribution >= 0.6 is 0 Å². The molecule has 3 heteroatoms. The Morgan fingerprint density at radius 3 is 1.33 bits per heavy atom. The molecule has 0 aromatic heterocycles. The van der Waals surface area contributed by atoms with Gasteiger partial charge in [0.15, 0.2) is 0 Å². The molecule has 0 aliphatic heterocycles. The van der Waals surface area contributed by atoms with Crippen LogP contribution in [-0.2, 0) is 0 Å². The summed E-state index contributed by atoms with van der Waals surface area (Å²) in [5.41, 5.74) is 0. The van der Waals surface area contributed by atoms with Crippen molar-refractivity contribution in [3.8, 4) is 0 Å². The number of hydrogen-bond donors (Lipinski definition) is 2. The Labute approximate surface area is 56.6 Å². The number of rotatable bonds is 2. The summed E-state index contributed by atoms with van der Waals surface area (Å²) >= 11 is 0. The van der Waals surface area contributed by atoms with E-state index in [-0.39, 0.29) is 39.8 Å². The Morgan fingerprint density at radius 2 is 1.33 bits per heavy atom. The summed E-state index contributed by atoms with van der Waals surface area (Å²) in [6, 6.07) is 0. The van der Waals surface area contributed by atoms with Crippen LogP contribution < -0.4 is 0 Å². The monoisotopic (exact) mass is 287 g/mol. The topological polar surface area (TPSA) is 40.5 Å². The van der Waals surface area contributed by atoms with E-state index in [9.17, 15) is 0 Å². The van der Waals surface area contributed by atoms with Gasteiger partial charge in [-0.15, -0.1) is 0 Å². The quantitative estimate of drug-likeness (QED) is 0.645. The molecule has 0 aliphatic carbocycles. The Bertz CT molecular complexity index is 16.3. The molecule has 0 bridgehead atoms. The van der Waals surface area contributed by atoms with Crippen LogP contribution in [0.5, 0.6) is 0 Å². The Morgan fingerprint density at radius 1 is 1.00 bits per heavy atom. The van der Waals surface area contributed by atoms with Crippen molar-refractivity contribution in [2.45, 2.75) is 6.42 Å². The van der Waals surface area contributed by atoms with Crippen LogP contribution in [0.15, 0.2) is 0 Å². The molecule has 0 rings (SSSR count). The summed E-state index contributed by atoms with van der Waals surface area (Å²) in [5, 5.41) is 15.8. The molecule has 2 N–H and O–H groups in total. The normalized spacial score (nSPS) is 7.00. The third kappa shape index (κ3) is 8.84. The fourth-order valence-electron chi connectivity index (χ4n) is 0.0707. The van der Waals surface area contributed by atoms with E-state index in [1.54, 1.807) is 0 Å². The number of aliphatic hydroxyl groups is 2. The van der Waals surface area contributed by atoms with Crippen molar-refractivity contribution >= 4 is 26.6 Å². The first-order chi connectivity index (χ1) is 2.41. The molecule has 0 radical (unpaired) electrons. The van der Waals surface area contributed by atoms with E-state index < -0.39 is 0 Å². The molecule has 40 valence electrons. The summed E-state index contributed by atoms with van der Waals surface area (Å²) in [6.07, 6.45) is 0.500. The summed E-state index contributed by atoms with van der Waals surface area (Å²) < 4.78 is 0. The van der Waals surface area contributed by atoms with Gasteiger partial charge in [0.05, 0.1) is 0 Å². The second kappa shape index (κ2) is 9.26. The molecule has 0 spiro atoms. The molecule has 0 amide bonds. The Balaban J connectivity index is 0. The number of hydrogen-bond acceptors (Lipinski definition) is 2. The van der Waals surface area contributed by atoms with Gasteiger partial charge in [0.25, 0.3) is 0 Å². The maximum absolute atomic E-state index is 7.91. The molecule has 0 fully saturated rings. The molecular formula is C3H10O2Po. The molecule has 0 atom stereocenters. The van der Waals surface area contributed by atoms with Crippen LogP contribution in [0.2, 0.25) is 0 Å². The SMILES string of the molecule is OCCCO.[PoH2]. The second-order valence-corrected chi connectivity index (χ2v) is 0.801. The van der Waals surface area contributed by atoms with Gasteiger partial charge in [-0.05, 0) is 6.42 Å². The molecule has 0 aromatic rings. The summed E-state index contributed by atoms with van der Waals surface area (Å²) in [5.74, 6) is 0. The Hall–Kier alpha value is 0.816. The molecule has 0 heterocycles. The minimum atomic E-state index is 0. The van der Waals surface area contributed by atoms with E-state index in [0.717, 1.165) is 0 Å². The van der Waals surface area contributed by atoms with Crippen molar-refractivity contribution < 1.29 is 10.2 Å². The summed E-state index contributed by atoms with van der Waals surface area (Å²) in [4.78, 5) is 0. The summed E-state index contributed by atoms with van der Waals surface area (Å²) in [6.45, 7) is 0.188. The third-order valence-electron chi connectivity index (χ3n) is 0.316. The second-order valence-electron chi connectivity index (χ2n) is 0.801. The average Bonchev–Trinajstić information content (AvgIpc) is 1.41. The van der Waals surface area contributed by atoms with E-state index in [2.05, 4.69) is 0 Å². The van der Waals surface area contributed by atoms with Crippen LogP contribution in [0.25, 0.3) is 0 Å². The molecule has 0 saturated heterocycles. The number of aliphatic hydroxyl groups excluding tert-OH is 2. The van der Waals surface area contributed by atoms with E-state index in [1.807, 2.05) is 0 Å². The van der Waals surface area contributed by atoms with Gasteiger partial charge in [0.2, 0.25) is 0 Å². The molecule has 0 unspecified atom stereocenters. The van der Waals surface area contributed by atoms with Crippen molar-refractivity contribution in [2.75, 3.05) is 13.2 Å². The average molecular weight is 287 g/mol. The van der Waals surface area contributed by atoms with Crippen LogP contribution in [0.1, 0.15) is 6.42 Å². The van der Waals surface area contributed by atoms with Gasteiger partial charge in [-0.3, -0.25) is 0 Å². The predicted molar refractivity (Wildman–Crippen MR) is 27.3 cm³/mol. The summed E-state index contributed by atoms with van der Waals surface area (Å²) in [7, 11) is 0. The zero-order chi connectivity index (χ0) is 4.12. The van der Waals surface area contributed by atoms with Crippen LogP contribution in [0.4, 0.5) is 0 Å². The van der Waals surface area contributed by atoms with Crippen molar-refractivity contribution in [1.29, 1.82) is 0 Å². The van der Waals surface area contributed by atoms with Gasteiger partial charge in [0.1, 0.15) is 0 Å². The Kier molecular flexibility index (Phi) is 15.3. The van der Waals surface area contributed by atoms with Gasteiger partial charge >= 0.3 is 26.6 Å². The zero-order valence-electron chi connectivity index (χ0n) is 3.52. The fourth-order valence-corrected chi connectivity index (χ4v) is 0.0707. The van der Waals surface area contributed by atoms with Gasteiger partial charge in [-0.1, -0.05) is 0 Å². The van der Waals surface area contributed by atoms with Crippen molar-refractivity contribution in [3.05, 3.63) is 0 Å². The van der Waals surface area contributed by atoms with Crippen LogP contribution in [-0.4, -0.2) is 50.0 Å². The molecule has 0 aliphatic rings. The maximum atomic E-state index is 7.91. The van der Waals surface area contributed by atoms with E-state index in [0.29, 0.717) is 6.42 Å². The molecule has 0 saturated carbocycles. The zero-order valence-corrected chi connectivity index (χ0v) is 7.40. The van der Waals surface area contributed by atoms with Gasteiger partial charge in [-0.2, -0.15) is 0 Å². The predicted octanol–water partition coefficient (Wildman–Crippen LogP) is -1.56. The fraction of sp³-hybridized carbons (Fsp3) is 1.00. The molecule has 2 nitrogen and oxygen atoms in total. The van der Waals surface area contributed by atoms with Gasteiger partial charge < -0.3 is 10.2 Å². The molecular weight excluding hydrogens is 277 g/mol. The first-order valence-electron chi connectivity index (χ1n) is 1.63. The van der Waals surface area contributed by atoms with Crippen LogP contribution in [0, 0.1) is 0 Å². The van der Waals surface area contributed by atoms with Crippen molar-refractivity contribution in [2.24, 2.45) is 0 Å². The van der Waals surface area contributed by atoms with Crippen molar-refractivity contribution in [3.63, 3.8) is 0 Å². The first kappa shape index (κ1) is 9.94. The van der Waals surface area contributed by atoms with E-state index in [4.69, 9.17) is 10.2 Å². The minimum absolute atomic E-state index is 0. The third-order valence-corrected chi connectivity index (χ3v) is 0.316. The molecule has 0 aromatic carbocycles. The van der Waals surface area contributed by atoms with E-state index in [1.165, 1.54) is 0 Å². The van der Waals surface area contributed by atoms with Gasteiger partial charge in [0, 0.05) is 13.2 Å². The van der Waals surface area contributed by atoms with Crippen LogP contribution in [0.3, 0.4) is 0 Å². The van der Waals surface area contributed by atoms with E-state index >= 15 is 0 Å².